The van der Waals surface area contributed by atoms with Gasteiger partial charge in [-0.15, -0.1) is 0 Å². The molecule has 0 fully saturated rings. The highest BCUT2D eigenvalue weighted by Gasteiger charge is 2.25. The Bertz CT molecular complexity index is 1620. The zero-order chi connectivity index (χ0) is 24.7. The minimum absolute atomic E-state index is 0.0750. The van der Waals surface area contributed by atoms with Crippen LogP contribution in [0.25, 0.3) is 33.5 Å². The fraction of sp³-hybridized carbons (Fsp3) is 0.154. The standard InChI is InChI=1S/C26H24FN5O2S/c1-17(2)35(33,34)32-23-14-20(10-13-22(23)30-26(32)28)25-24(19-6-4-3-5-7-19)29-16-31(25)15-18-8-11-21(27)12-9-18/h3-14,16-17H,15H2,1-2H3,(H2,28,30). The van der Waals surface area contributed by atoms with Gasteiger partial charge in [0, 0.05) is 17.7 Å². The van der Waals surface area contributed by atoms with Gasteiger partial charge < -0.3 is 10.3 Å². The Morgan fingerprint density at radius 3 is 2.37 bits per heavy atom. The molecule has 0 amide bonds. The predicted octanol–water partition coefficient (Wildman–Crippen LogP) is 4.92. The van der Waals surface area contributed by atoms with Gasteiger partial charge in [0.2, 0.25) is 16.0 Å². The number of nitrogens with two attached hydrogens (primary N) is 1. The van der Waals surface area contributed by atoms with E-state index < -0.39 is 15.3 Å². The number of imidazole rings is 2. The van der Waals surface area contributed by atoms with Gasteiger partial charge in [-0.2, -0.15) is 0 Å². The summed E-state index contributed by atoms with van der Waals surface area (Å²) < 4.78 is 42.6. The van der Waals surface area contributed by atoms with E-state index in [4.69, 9.17) is 5.73 Å². The lowest BCUT2D eigenvalue weighted by atomic mass is 10.0. The highest BCUT2D eigenvalue weighted by Crippen LogP contribution is 2.34. The van der Waals surface area contributed by atoms with Crippen LogP contribution in [0.4, 0.5) is 10.3 Å². The summed E-state index contributed by atoms with van der Waals surface area (Å²) in [6.45, 7) is 3.67. The number of hydrogen-bond acceptors (Lipinski definition) is 5. The molecule has 0 saturated carbocycles. The van der Waals surface area contributed by atoms with Crippen LogP contribution in [0.5, 0.6) is 0 Å². The molecule has 7 nitrogen and oxygen atoms in total. The van der Waals surface area contributed by atoms with Gasteiger partial charge in [0.1, 0.15) is 5.82 Å². The lowest BCUT2D eigenvalue weighted by molar-refractivity contribution is 0.580. The van der Waals surface area contributed by atoms with Crippen LogP contribution in [0.1, 0.15) is 19.4 Å². The Hall–Kier alpha value is -3.98. The van der Waals surface area contributed by atoms with Crippen molar-refractivity contribution in [3.8, 4) is 22.5 Å². The number of rotatable bonds is 6. The average Bonchev–Trinajstić information content (AvgIpc) is 3.40. The molecule has 3 aromatic carbocycles. The normalized spacial score (nSPS) is 12.0. The SMILES string of the molecule is CC(C)S(=O)(=O)n1c(N)nc2ccc(-c3c(-c4ccccc4)ncn3Cc3ccc(F)cc3)cc21. The van der Waals surface area contributed by atoms with E-state index in [2.05, 4.69) is 9.97 Å². The first-order valence-corrected chi connectivity index (χ1v) is 12.6. The Balaban J connectivity index is 1.72. The minimum Gasteiger partial charge on any atom is -0.368 e. The summed E-state index contributed by atoms with van der Waals surface area (Å²) in [6, 6.07) is 21.5. The number of hydrogen-bond donors (Lipinski definition) is 1. The number of halogens is 1. The number of benzene rings is 3. The number of nitrogen functional groups attached to an aromatic ring is 1. The second kappa shape index (κ2) is 8.66. The quantitative estimate of drug-likeness (QED) is 0.365. The molecule has 2 N–H and O–H groups in total. The van der Waals surface area contributed by atoms with Gasteiger partial charge in [0.15, 0.2) is 0 Å². The van der Waals surface area contributed by atoms with Crippen LogP contribution in [-0.2, 0) is 16.6 Å². The van der Waals surface area contributed by atoms with Gasteiger partial charge >= 0.3 is 0 Å². The van der Waals surface area contributed by atoms with E-state index in [1.165, 1.54) is 12.1 Å². The summed E-state index contributed by atoms with van der Waals surface area (Å²) in [7, 11) is -3.73. The maximum atomic E-state index is 13.4. The summed E-state index contributed by atoms with van der Waals surface area (Å²) in [6.07, 6.45) is 1.74. The van der Waals surface area contributed by atoms with Crippen molar-refractivity contribution in [2.75, 3.05) is 5.73 Å². The molecule has 9 heteroatoms. The molecule has 0 aliphatic carbocycles. The van der Waals surface area contributed by atoms with Crippen molar-refractivity contribution < 1.29 is 12.8 Å². The maximum absolute atomic E-state index is 13.4. The minimum atomic E-state index is -3.73. The van der Waals surface area contributed by atoms with Crippen molar-refractivity contribution in [2.45, 2.75) is 25.6 Å². The van der Waals surface area contributed by atoms with Gasteiger partial charge in [0.25, 0.3) is 0 Å². The van der Waals surface area contributed by atoms with Crippen molar-refractivity contribution in [3.05, 3.63) is 90.5 Å². The van der Waals surface area contributed by atoms with Crippen molar-refractivity contribution in [2.24, 2.45) is 0 Å². The van der Waals surface area contributed by atoms with Crippen molar-refractivity contribution >= 4 is 27.0 Å². The second-order valence-electron chi connectivity index (χ2n) is 8.59. The van der Waals surface area contributed by atoms with Gasteiger partial charge in [0.05, 0.1) is 34.0 Å². The largest absolute Gasteiger partial charge is 0.368 e. The lowest BCUT2D eigenvalue weighted by Gasteiger charge is -2.13. The molecule has 0 saturated heterocycles. The summed E-state index contributed by atoms with van der Waals surface area (Å²) in [5.74, 6) is -0.374. The molecule has 0 atom stereocenters. The Morgan fingerprint density at radius 1 is 0.971 bits per heavy atom. The van der Waals surface area contributed by atoms with E-state index in [-0.39, 0.29) is 11.8 Å². The lowest BCUT2D eigenvalue weighted by Crippen LogP contribution is -2.23. The monoisotopic (exact) mass is 489 g/mol. The fourth-order valence-corrected chi connectivity index (χ4v) is 5.24. The first-order valence-electron chi connectivity index (χ1n) is 11.1. The highest BCUT2D eigenvalue weighted by molar-refractivity contribution is 7.90. The number of anilines is 1. The molecular formula is C26H24FN5O2S. The van der Waals surface area contributed by atoms with Crippen LogP contribution in [0, 0.1) is 5.82 Å². The van der Waals surface area contributed by atoms with Crippen LogP contribution >= 0.6 is 0 Å². The zero-order valence-electron chi connectivity index (χ0n) is 19.3. The molecule has 2 heterocycles. The molecule has 0 unspecified atom stereocenters. The number of fused-ring (bicyclic) bond motifs is 1. The zero-order valence-corrected chi connectivity index (χ0v) is 20.1. The van der Waals surface area contributed by atoms with Gasteiger partial charge in [-0.3, -0.25) is 0 Å². The molecule has 0 bridgehead atoms. The van der Waals surface area contributed by atoms with E-state index in [9.17, 15) is 12.8 Å². The molecule has 2 aromatic heterocycles. The first-order chi connectivity index (χ1) is 16.8. The summed E-state index contributed by atoms with van der Waals surface area (Å²) in [5.41, 5.74) is 11.1. The maximum Gasteiger partial charge on any atom is 0.244 e. The van der Waals surface area contributed by atoms with Crippen LogP contribution in [0.3, 0.4) is 0 Å². The molecule has 5 aromatic rings. The highest BCUT2D eigenvalue weighted by atomic mass is 32.2. The molecule has 35 heavy (non-hydrogen) atoms. The molecule has 5 rings (SSSR count). The smallest absolute Gasteiger partial charge is 0.244 e. The Morgan fingerprint density at radius 2 is 1.69 bits per heavy atom. The molecule has 0 spiro atoms. The first kappa shape index (κ1) is 22.8. The van der Waals surface area contributed by atoms with E-state index in [0.29, 0.717) is 17.6 Å². The van der Waals surface area contributed by atoms with Gasteiger partial charge in [-0.05, 0) is 43.7 Å². The van der Waals surface area contributed by atoms with E-state index in [0.717, 1.165) is 32.1 Å². The Labute approximate surface area is 202 Å². The van der Waals surface area contributed by atoms with Gasteiger partial charge in [-0.1, -0.05) is 48.5 Å². The third kappa shape index (κ3) is 4.08. The topological polar surface area (TPSA) is 95.8 Å². The fourth-order valence-electron chi connectivity index (χ4n) is 4.10. The summed E-state index contributed by atoms with van der Waals surface area (Å²) >= 11 is 0. The summed E-state index contributed by atoms with van der Waals surface area (Å²) in [4.78, 5) is 8.95. The summed E-state index contributed by atoms with van der Waals surface area (Å²) in [5, 5.41) is -0.672. The third-order valence-corrected chi connectivity index (χ3v) is 8.00. The van der Waals surface area contributed by atoms with E-state index >= 15 is 0 Å². The second-order valence-corrected chi connectivity index (χ2v) is 10.9. The molecule has 0 radical (unpaired) electrons. The third-order valence-electron chi connectivity index (χ3n) is 5.91. The molecule has 0 aliphatic rings. The molecule has 178 valence electrons. The predicted molar refractivity (Wildman–Crippen MR) is 136 cm³/mol. The van der Waals surface area contributed by atoms with Crippen LogP contribution in [0.15, 0.2) is 79.1 Å². The van der Waals surface area contributed by atoms with Gasteiger partial charge in [-0.25, -0.2) is 26.7 Å². The van der Waals surface area contributed by atoms with Crippen molar-refractivity contribution in [1.82, 2.24) is 18.5 Å². The molecule has 0 aliphatic heterocycles. The average molecular weight is 490 g/mol. The van der Waals surface area contributed by atoms with Crippen LogP contribution in [0.2, 0.25) is 0 Å². The number of aromatic nitrogens is 4. The van der Waals surface area contributed by atoms with Crippen molar-refractivity contribution in [3.63, 3.8) is 0 Å². The number of nitrogens with zero attached hydrogens (tertiary/aromatic N) is 4. The van der Waals surface area contributed by atoms with Crippen LogP contribution < -0.4 is 5.73 Å². The van der Waals surface area contributed by atoms with E-state index in [1.54, 1.807) is 44.4 Å². The molecular weight excluding hydrogens is 465 g/mol. The van der Waals surface area contributed by atoms with E-state index in [1.807, 2.05) is 41.0 Å². The Kier molecular flexibility index (Phi) is 5.64. The van der Waals surface area contributed by atoms with Crippen LogP contribution in [-0.4, -0.2) is 32.2 Å². The van der Waals surface area contributed by atoms with Crippen molar-refractivity contribution in [1.29, 1.82) is 0 Å².